The van der Waals surface area contributed by atoms with E-state index in [0.29, 0.717) is 36.6 Å². The van der Waals surface area contributed by atoms with Gasteiger partial charge in [0.05, 0.1) is 43.2 Å². The summed E-state index contributed by atoms with van der Waals surface area (Å²) >= 11 is 5.86. The van der Waals surface area contributed by atoms with Crippen molar-refractivity contribution in [2.24, 2.45) is 5.92 Å². The molecule has 4 rings (SSSR count). The number of carboxylic acid groups (broad SMARTS) is 1. The summed E-state index contributed by atoms with van der Waals surface area (Å²) in [6.07, 6.45) is -0.0482. The molecule has 2 aromatic rings. The van der Waals surface area contributed by atoms with Crippen molar-refractivity contribution < 1.29 is 53.7 Å². The van der Waals surface area contributed by atoms with Crippen LogP contribution in [0.1, 0.15) is 31.2 Å². The minimum atomic E-state index is -1.72. The van der Waals surface area contributed by atoms with Crippen molar-refractivity contribution in [1.29, 1.82) is 0 Å². The van der Waals surface area contributed by atoms with Crippen molar-refractivity contribution in [2.75, 3.05) is 63.9 Å². The number of piperidine rings is 1. The topological polar surface area (TPSA) is 200 Å². The summed E-state index contributed by atoms with van der Waals surface area (Å²) in [6, 6.07) is 2.20. The smallest absolute Gasteiger partial charge is 0.290 e. The normalized spacial score (nSPS) is 18.3. The number of nitrogens with zero attached hydrogens (tertiary/aromatic N) is 5. The number of hydrogen-bond donors (Lipinski definition) is 6. The molecule has 0 aliphatic carbocycles. The predicted molar refractivity (Wildman–Crippen MR) is 170 cm³/mol. The van der Waals surface area contributed by atoms with Crippen LogP contribution in [-0.4, -0.2) is 146 Å². The average molecular weight is 704 g/mol. The second-order valence-electron chi connectivity index (χ2n) is 11.7. The van der Waals surface area contributed by atoms with Crippen molar-refractivity contribution in [2.45, 2.75) is 56.5 Å². The number of halogens is 3. The van der Waals surface area contributed by atoms with Crippen LogP contribution in [0.5, 0.6) is 5.75 Å². The average Bonchev–Trinajstić information content (AvgIpc) is 3.08. The van der Waals surface area contributed by atoms with E-state index in [1.54, 1.807) is 17.3 Å². The van der Waals surface area contributed by atoms with Crippen LogP contribution >= 0.6 is 11.6 Å². The summed E-state index contributed by atoms with van der Waals surface area (Å²) in [4.78, 5) is 35.1. The first kappa shape index (κ1) is 39.2. The molecule has 2 fully saturated rings. The number of amides is 1. The van der Waals surface area contributed by atoms with Gasteiger partial charge in [-0.3, -0.25) is 14.5 Å². The maximum atomic E-state index is 14.8. The zero-order valence-electron chi connectivity index (χ0n) is 26.5. The molecule has 268 valence electrons. The molecule has 0 unspecified atom stereocenters. The highest BCUT2D eigenvalue weighted by atomic mass is 35.5. The lowest BCUT2D eigenvalue weighted by atomic mass is 9.92. The van der Waals surface area contributed by atoms with Crippen LogP contribution in [0.25, 0.3) is 0 Å². The molecule has 1 amide bonds. The summed E-state index contributed by atoms with van der Waals surface area (Å²) in [5.41, 5.74) is -0.332. The van der Waals surface area contributed by atoms with E-state index in [9.17, 15) is 34.0 Å². The number of anilines is 1. The lowest BCUT2D eigenvalue weighted by Gasteiger charge is -2.37. The summed E-state index contributed by atoms with van der Waals surface area (Å²) in [5, 5.41) is 55.7. The summed E-state index contributed by atoms with van der Waals surface area (Å²) in [6.45, 7) is 2.06. The number of benzene rings is 1. The van der Waals surface area contributed by atoms with Crippen LogP contribution in [0.15, 0.2) is 24.5 Å². The zero-order valence-corrected chi connectivity index (χ0v) is 27.2. The Balaban J connectivity index is 0.00000201. The van der Waals surface area contributed by atoms with E-state index in [1.807, 2.05) is 0 Å². The van der Waals surface area contributed by atoms with Gasteiger partial charge in [0, 0.05) is 63.5 Å². The van der Waals surface area contributed by atoms with Crippen LogP contribution < -0.4 is 9.64 Å². The van der Waals surface area contributed by atoms with Crippen LogP contribution in [0.4, 0.5) is 14.7 Å². The van der Waals surface area contributed by atoms with Crippen molar-refractivity contribution in [1.82, 2.24) is 19.8 Å². The third-order valence-corrected chi connectivity index (χ3v) is 8.66. The van der Waals surface area contributed by atoms with Crippen LogP contribution in [0.3, 0.4) is 0 Å². The number of piperazine rings is 1. The molecular weight excluding hydrogens is 660 g/mol. The maximum Gasteiger partial charge on any atom is 0.290 e. The highest BCUT2D eigenvalue weighted by Crippen LogP contribution is 2.26. The lowest BCUT2D eigenvalue weighted by molar-refractivity contribution is -0.134. The molecule has 2 aliphatic heterocycles. The first-order chi connectivity index (χ1) is 23.0. The summed E-state index contributed by atoms with van der Waals surface area (Å²) < 4.78 is 35.3. The second kappa shape index (κ2) is 19.7. The van der Waals surface area contributed by atoms with E-state index < -0.39 is 55.0 Å². The van der Waals surface area contributed by atoms with Gasteiger partial charge in [-0.25, -0.2) is 18.7 Å². The van der Waals surface area contributed by atoms with E-state index in [2.05, 4.69) is 14.9 Å². The van der Waals surface area contributed by atoms with E-state index in [-0.39, 0.29) is 37.4 Å². The minimum absolute atomic E-state index is 0.0395. The second-order valence-corrected chi connectivity index (χ2v) is 12.2. The van der Waals surface area contributed by atoms with E-state index in [4.69, 9.17) is 31.3 Å². The van der Waals surface area contributed by atoms with Gasteiger partial charge in [0.15, 0.2) is 0 Å². The number of β-amino-alcohol motifs (C(OH)–C–C–N with tert-alkyl or cyclic N) is 1. The van der Waals surface area contributed by atoms with Gasteiger partial charge in [-0.1, -0.05) is 11.6 Å². The van der Waals surface area contributed by atoms with E-state index in [1.165, 1.54) is 4.90 Å². The lowest BCUT2D eigenvalue weighted by Crippen LogP contribution is -2.54. The van der Waals surface area contributed by atoms with Gasteiger partial charge in [0.2, 0.25) is 11.9 Å². The fourth-order valence-corrected chi connectivity index (χ4v) is 5.76. The highest BCUT2D eigenvalue weighted by molar-refractivity contribution is 6.30. The molecule has 4 atom stereocenters. The van der Waals surface area contributed by atoms with Crippen molar-refractivity contribution in [3.8, 4) is 5.75 Å². The number of ether oxygens (including phenoxy) is 1. The number of aliphatic hydroxyl groups excluding tert-OH is 5. The molecule has 14 nitrogen and oxygen atoms in total. The summed E-state index contributed by atoms with van der Waals surface area (Å²) in [5.74, 6) is -0.901. The van der Waals surface area contributed by atoms with Gasteiger partial charge in [0.1, 0.15) is 35.7 Å². The van der Waals surface area contributed by atoms with Gasteiger partial charge < -0.3 is 45.2 Å². The Morgan fingerprint density at radius 1 is 0.979 bits per heavy atom. The molecule has 2 aliphatic rings. The maximum absolute atomic E-state index is 14.8. The molecule has 2 saturated heterocycles. The number of hydrogen-bond acceptors (Lipinski definition) is 12. The molecule has 3 heterocycles. The largest absolute Gasteiger partial charge is 0.493 e. The Kier molecular flexibility index (Phi) is 16.1. The molecule has 6 N–H and O–H groups in total. The van der Waals surface area contributed by atoms with Gasteiger partial charge in [-0.15, -0.1) is 0 Å². The van der Waals surface area contributed by atoms with Crippen LogP contribution in [0.2, 0.25) is 5.02 Å². The quantitative estimate of drug-likeness (QED) is 0.116. The minimum Gasteiger partial charge on any atom is -0.493 e. The van der Waals surface area contributed by atoms with Gasteiger partial charge in [-0.2, -0.15) is 0 Å². The monoisotopic (exact) mass is 703 g/mol. The van der Waals surface area contributed by atoms with Crippen molar-refractivity contribution in [3.63, 3.8) is 0 Å². The first-order valence-corrected chi connectivity index (χ1v) is 16.1. The fourth-order valence-electron chi connectivity index (χ4n) is 5.66. The number of carbonyl (C=O) groups is 2. The predicted octanol–water partition coefficient (Wildman–Crippen LogP) is 0.307. The van der Waals surface area contributed by atoms with E-state index in [0.717, 1.165) is 50.9 Å². The van der Waals surface area contributed by atoms with E-state index >= 15 is 0 Å². The number of carbonyl (C=O) groups excluding carboxylic acids is 1. The SMILES string of the molecule is O=C(Cc1c(F)cc(OCCCC2CCN(c3ncc(Cl)cn3)CC2)cc1F)N1CCN(C[C@H](O)[C@@H](O)[C@H](O)[C@H](O)CO)CC1.O=CO. The molecule has 1 aromatic carbocycles. The van der Waals surface area contributed by atoms with Gasteiger partial charge in [0.25, 0.3) is 6.47 Å². The van der Waals surface area contributed by atoms with Crippen LogP contribution in [-0.2, 0) is 16.0 Å². The standard InChI is InChI=1S/C30H42ClF2N5O7.CH2O2/c31-20-15-34-30(35-16-20)38-5-3-19(4-6-38)2-1-11-45-21-12-23(32)22(24(33)13-21)14-27(42)37-9-7-36(8-10-37)17-25(40)28(43)29(44)26(41)18-39;2-1-3/h12-13,15-16,19,25-26,28-29,39-41,43-44H,1-11,14,17-18H2;1H,(H,2,3)/t25-,26+,28+,29+;/m0./s1. The summed E-state index contributed by atoms with van der Waals surface area (Å²) in [7, 11) is 0. The number of aromatic nitrogens is 2. The van der Waals surface area contributed by atoms with Gasteiger partial charge >= 0.3 is 0 Å². The first-order valence-electron chi connectivity index (χ1n) is 15.7. The number of aliphatic hydroxyl groups is 5. The highest BCUT2D eigenvalue weighted by Gasteiger charge is 2.32. The zero-order chi connectivity index (χ0) is 35.2. The van der Waals surface area contributed by atoms with Crippen molar-refractivity contribution in [3.05, 3.63) is 46.7 Å². The van der Waals surface area contributed by atoms with Crippen LogP contribution in [0, 0.1) is 17.6 Å². The molecule has 0 saturated carbocycles. The molecule has 1 aromatic heterocycles. The molecule has 0 bridgehead atoms. The fraction of sp³-hybridized carbons (Fsp3) is 0.613. The Bertz CT molecular complexity index is 1260. The van der Waals surface area contributed by atoms with Crippen molar-refractivity contribution >= 4 is 29.9 Å². The Hall–Kier alpha value is -3.25. The third-order valence-electron chi connectivity index (χ3n) is 8.47. The molecule has 17 heteroatoms. The Morgan fingerprint density at radius 3 is 2.10 bits per heavy atom. The molecule has 0 spiro atoms. The number of rotatable bonds is 14. The molecular formula is C31H44ClF2N5O9. The Labute approximate surface area is 282 Å². The molecule has 0 radical (unpaired) electrons. The molecule has 48 heavy (non-hydrogen) atoms. The third kappa shape index (κ3) is 11.7. The van der Waals surface area contributed by atoms with Gasteiger partial charge in [-0.05, 0) is 31.6 Å². The Morgan fingerprint density at radius 2 is 1.54 bits per heavy atom.